The van der Waals surface area contributed by atoms with Crippen LogP contribution in [0, 0.1) is 13.8 Å². The van der Waals surface area contributed by atoms with Crippen molar-refractivity contribution < 1.29 is 13.9 Å². The van der Waals surface area contributed by atoms with Crippen LogP contribution in [-0.4, -0.2) is 36.3 Å². The van der Waals surface area contributed by atoms with Gasteiger partial charge in [-0.2, -0.15) is 0 Å². The zero-order valence-electron chi connectivity index (χ0n) is 17.9. The second-order valence-corrected chi connectivity index (χ2v) is 9.28. The number of ether oxygens (including phenoxy) is 1. The van der Waals surface area contributed by atoms with Crippen LogP contribution in [0.1, 0.15) is 51.7 Å². The highest BCUT2D eigenvalue weighted by Crippen LogP contribution is 2.39. The van der Waals surface area contributed by atoms with E-state index < -0.39 is 6.04 Å². The van der Waals surface area contributed by atoms with E-state index in [0.717, 1.165) is 34.4 Å². The molecule has 2 aliphatic rings. The quantitative estimate of drug-likeness (QED) is 0.548. The van der Waals surface area contributed by atoms with E-state index in [4.69, 9.17) is 9.15 Å². The second kappa shape index (κ2) is 7.84. The summed E-state index contributed by atoms with van der Waals surface area (Å²) in [5.74, 6) is -0.0676. The van der Waals surface area contributed by atoms with Crippen LogP contribution in [0.25, 0.3) is 11.0 Å². The van der Waals surface area contributed by atoms with Crippen molar-refractivity contribution in [3.05, 3.63) is 74.6 Å². The van der Waals surface area contributed by atoms with Gasteiger partial charge in [0, 0.05) is 18.0 Å². The number of amides is 1. The van der Waals surface area contributed by atoms with Gasteiger partial charge in [0.25, 0.3) is 5.91 Å². The Kier molecular flexibility index (Phi) is 5.15. The van der Waals surface area contributed by atoms with Crippen LogP contribution < -0.4 is 5.43 Å². The molecule has 3 aromatic rings. The lowest BCUT2D eigenvalue weighted by atomic mass is 9.97. The highest BCUT2D eigenvalue weighted by molar-refractivity contribution is 7.98. The maximum absolute atomic E-state index is 13.7. The molecule has 2 aromatic carbocycles. The normalized spacial score (nSPS) is 20.6. The van der Waals surface area contributed by atoms with Gasteiger partial charge < -0.3 is 14.1 Å². The van der Waals surface area contributed by atoms with Gasteiger partial charge in [-0.05, 0) is 67.8 Å². The molecule has 0 unspecified atom stereocenters. The number of hydrogen-bond acceptors (Lipinski definition) is 5. The maximum atomic E-state index is 13.7. The molecule has 2 atom stereocenters. The molecule has 160 valence electrons. The lowest BCUT2D eigenvalue weighted by Gasteiger charge is -2.27. The molecule has 3 heterocycles. The number of rotatable bonds is 4. The molecule has 0 N–H and O–H groups in total. The fraction of sp³-hybridized carbons (Fsp3) is 0.360. The molecule has 0 saturated carbocycles. The summed E-state index contributed by atoms with van der Waals surface area (Å²) < 4.78 is 11.9. The lowest BCUT2D eigenvalue weighted by Crippen LogP contribution is -2.36. The first kappa shape index (κ1) is 20.3. The predicted octanol–water partition coefficient (Wildman–Crippen LogP) is 4.86. The molecule has 0 bridgehead atoms. The van der Waals surface area contributed by atoms with E-state index in [-0.39, 0.29) is 23.2 Å². The molecule has 6 heteroatoms. The number of aryl methyl sites for hydroxylation is 2. The zero-order chi connectivity index (χ0) is 21.7. The number of benzene rings is 2. The molecule has 1 aromatic heterocycles. The summed E-state index contributed by atoms with van der Waals surface area (Å²) in [6.07, 6.45) is 3.92. The summed E-state index contributed by atoms with van der Waals surface area (Å²) in [5.41, 5.74) is 3.59. The number of thioether (sulfide) groups is 1. The first-order valence-electron chi connectivity index (χ1n) is 10.6. The number of nitrogens with zero attached hydrogens (tertiary/aromatic N) is 1. The molecule has 0 radical (unpaired) electrons. The molecule has 5 nitrogen and oxygen atoms in total. The third-order valence-electron chi connectivity index (χ3n) is 6.27. The predicted molar refractivity (Wildman–Crippen MR) is 122 cm³/mol. The van der Waals surface area contributed by atoms with Gasteiger partial charge in [0.05, 0.1) is 23.1 Å². The van der Waals surface area contributed by atoms with Crippen LogP contribution >= 0.6 is 11.8 Å². The highest BCUT2D eigenvalue weighted by atomic mass is 32.2. The Morgan fingerprint density at radius 3 is 2.58 bits per heavy atom. The van der Waals surface area contributed by atoms with Gasteiger partial charge in [-0.25, -0.2) is 0 Å². The Bertz CT molecular complexity index is 1220. The molecular formula is C25H25NO4S. The van der Waals surface area contributed by atoms with Crippen LogP contribution in [0.15, 0.2) is 50.5 Å². The summed E-state index contributed by atoms with van der Waals surface area (Å²) >= 11 is 1.66. The van der Waals surface area contributed by atoms with Crippen molar-refractivity contribution in [2.45, 2.75) is 43.7 Å². The van der Waals surface area contributed by atoms with Gasteiger partial charge in [0.1, 0.15) is 5.58 Å². The zero-order valence-corrected chi connectivity index (χ0v) is 18.8. The fourth-order valence-electron chi connectivity index (χ4n) is 4.84. The van der Waals surface area contributed by atoms with Crippen molar-refractivity contribution in [1.29, 1.82) is 0 Å². The molecule has 1 amide bonds. The molecular weight excluding hydrogens is 410 g/mol. The van der Waals surface area contributed by atoms with Crippen molar-refractivity contribution in [3.8, 4) is 0 Å². The van der Waals surface area contributed by atoms with E-state index in [1.54, 1.807) is 16.7 Å². The minimum atomic E-state index is -0.469. The van der Waals surface area contributed by atoms with Crippen LogP contribution in [0.5, 0.6) is 0 Å². The molecule has 1 fully saturated rings. The third kappa shape index (κ3) is 3.38. The highest BCUT2D eigenvalue weighted by Gasteiger charge is 2.44. The summed E-state index contributed by atoms with van der Waals surface area (Å²) in [6.45, 7) is 5.04. The number of hydrogen-bond donors (Lipinski definition) is 0. The molecule has 0 aliphatic carbocycles. The molecule has 2 aliphatic heterocycles. The van der Waals surface area contributed by atoms with Gasteiger partial charge in [-0.15, -0.1) is 11.8 Å². The minimum Gasteiger partial charge on any atom is -0.450 e. The smallest absolute Gasteiger partial charge is 0.291 e. The van der Waals surface area contributed by atoms with Gasteiger partial charge in [0.2, 0.25) is 5.76 Å². The lowest BCUT2D eigenvalue weighted by molar-refractivity contribution is 0.0486. The topological polar surface area (TPSA) is 59.8 Å². The van der Waals surface area contributed by atoms with Crippen molar-refractivity contribution in [1.82, 2.24) is 4.90 Å². The van der Waals surface area contributed by atoms with Crippen LogP contribution in [0.2, 0.25) is 0 Å². The van der Waals surface area contributed by atoms with E-state index in [2.05, 4.69) is 0 Å². The first-order chi connectivity index (χ1) is 15.0. The van der Waals surface area contributed by atoms with Crippen LogP contribution in [0.3, 0.4) is 0 Å². The van der Waals surface area contributed by atoms with Crippen LogP contribution in [-0.2, 0) is 4.74 Å². The molecule has 5 rings (SSSR count). The second-order valence-electron chi connectivity index (χ2n) is 8.40. The van der Waals surface area contributed by atoms with Crippen molar-refractivity contribution in [2.75, 3.05) is 19.4 Å². The van der Waals surface area contributed by atoms with Gasteiger partial charge in [-0.3, -0.25) is 9.59 Å². The fourth-order valence-corrected chi connectivity index (χ4v) is 5.25. The number of carbonyl (C=O) groups is 1. The standard InChI is InChI=1S/C25H25NO4S/c1-14-11-15(2)20-19(12-14)30-24-21(23(20)27)22(16-6-8-18(31-3)9-7-16)26(25(24)28)13-17-5-4-10-29-17/h6-9,11-12,17,22H,4-5,10,13H2,1-3H3/t17-,22-/m1/s1. The first-order valence-corrected chi connectivity index (χ1v) is 11.8. The molecule has 31 heavy (non-hydrogen) atoms. The maximum Gasteiger partial charge on any atom is 0.291 e. The Morgan fingerprint density at radius 2 is 1.90 bits per heavy atom. The van der Waals surface area contributed by atoms with E-state index in [1.807, 2.05) is 56.5 Å². The Morgan fingerprint density at radius 1 is 1.13 bits per heavy atom. The Balaban J connectivity index is 1.71. The summed E-state index contributed by atoms with van der Waals surface area (Å²) in [5, 5.41) is 0.557. The molecule has 0 spiro atoms. The molecule has 1 saturated heterocycles. The van der Waals surface area contributed by atoms with Crippen molar-refractivity contribution in [2.24, 2.45) is 0 Å². The summed E-state index contributed by atoms with van der Waals surface area (Å²) in [6, 6.07) is 11.4. The van der Waals surface area contributed by atoms with E-state index in [9.17, 15) is 9.59 Å². The minimum absolute atomic E-state index is 0.0141. The summed E-state index contributed by atoms with van der Waals surface area (Å²) in [7, 11) is 0. The Hall–Kier alpha value is -2.57. The average molecular weight is 436 g/mol. The van der Waals surface area contributed by atoms with Crippen molar-refractivity contribution >= 4 is 28.6 Å². The van der Waals surface area contributed by atoms with Gasteiger partial charge in [-0.1, -0.05) is 18.2 Å². The number of fused-ring (bicyclic) bond motifs is 2. The monoisotopic (exact) mass is 435 g/mol. The van der Waals surface area contributed by atoms with Gasteiger partial charge in [0.15, 0.2) is 5.43 Å². The number of carbonyl (C=O) groups excluding carboxylic acids is 1. The van der Waals surface area contributed by atoms with E-state index in [1.165, 1.54) is 0 Å². The SMILES string of the molecule is CSc1ccc([C@@H]2c3c(oc4cc(C)cc(C)c4c3=O)C(=O)N2C[C@H]2CCCO2)cc1. The van der Waals surface area contributed by atoms with E-state index >= 15 is 0 Å². The van der Waals surface area contributed by atoms with Gasteiger partial charge >= 0.3 is 0 Å². The third-order valence-corrected chi connectivity index (χ3v) is 7.01. The van der Waals surface area contributed by atoms with E-state index in [0.29, 0.717) is 29.7 Å². The summed E-state index contributed by atoms with van der Waals surface area (Å²) in [4.78, 5) is 30.1. The van der Waals surface area contributed by atoms with Crippen LogP contribution in [0.4, 0.5) is 0 Å². The Labute approximate surface area is 185 Å². The van der Waals surface area contributed by atoms with Crippen molar-refractivity contribution in [3.63, 3.8) is 0 Å². The largest absolute Gasteiger partial charge is 0.450 e. The average Bonchev–Trinajstić information content (AvgIpc) is 3.35.